The fourth-order valence-electron chi connectivity index (χ4n) is 3.54. The fraction of sp³-hybridized carbons (Fsp3) is 0.409. The molecule has 0 amide bonds. The van der Waals surface area contributed by atoms with Crippen LogP contribution in [0.1, 0.15) is 42.5 Å². The first-order chi connectivity index (χ1) is 13.1. The number of fused-ring (bicyclic) bond motifs is 1. The lowest BCUT2D eigenvalue weighted by molar-refractivity contribution is 0.317. The molecule has 4 nitrogen and oxygen atoms in total. The summed E-state index contributed by atoms with van der Waals surface area (Å²) in [6, 6.07) is 12.3. The maximum absolute atomic E-state index is 9.27. The molecule has 144 valence electrons. The van der Waals surface area contributed by atoms with E-state index in [0.29, 0.717) is 12.5 Å². The standard InChI is InChI=1S/C22H28ClN3O/c1-15(2)13-21(26-27)18-5-3-16(4-6-18)14-25-22-19-10-12-24-11-9-17(19)7-8-20(22)23/h3-8,15,24-25,27H,9-14H2,1-2H3/b26-21-. The maximum atomic E-state index is 9.27. The molecule has 2 aromatic rings. The van der Waals surface area contributed by atoms with Crippen LogP contribution in [0.3, 0.4) is 0 Å². The Labute approximate surface area is 166 Å². The number of rotatable bonds is 6. The van der Waals surface area contributed by atoms with Gasteiger partial charge in [-0.2, -0.15) is 0 Å². The van der Waals surface area contributed by atoms with Gasteiger partial charge in [0.2, 0.25) is 0 Å². The third-order valence-corrected chi connectivity index (χ3v) is 5.28. The quantitative estimate of drug-likeness (QED) is 0.378. The minimum absolute atomic E-state index is 0.446. The fourth-order valence-corrected chi connectivity index (χ4v) is 3.79. The van der Waals surface area contributed by atoms with Crippen molar-refractivity contribution in [3.05, 3.63) is 63.7 Å². The molecule has 3 rings (SSSR count). The highest BCUT2D eigenvalue weighted by Gasteiger charge is 2.14. The molecule has 0 aliphatic carbocycles. The van der Waals surface area contributed by atoms with Crippen molar-refractivity contribution in [2.45, 2.75) is 39.7 Å². The summed E-state index contributed by atoms with van der Waals surface area (Å²) in [6.45, 7) is 6.94. The largest absolute Gasteiger partial charge is 0.411 e. The van der Waals surface area contributed by atoms with Crippen LogP contribution in [0.25, 0.3) is 0 Å². The van der Waals surface area contributed by atoms with Crippen LogP contribution in [0.15, 0.2) is 41.6 Å². The second-order valence-electron chi connectivity index (χ2n) is 7.51. The van der Waals surface area contributed by atoms with Gasteiger partial charge in [0.25, 0.3) is 0 Å². The summed E-state index contributed by atoms with van der Waals surface area (Å²) in [4.78, 5) is 0. The molecule has 5 heteroatoms. The zero-order valence-electron chi connectivity index (χ0n) is 16.1. The predicted molar refractivity (Wildman–Crippen MR) is 113 cm³/mol. The molecule has 27 heavy (non-hydrogen) atoms. The Balaban J connectivity index is 1.72. The number of anilines is 1. The molecular formula is C22H28ClN3O. The molecule has 0 aromatic heterocycles. The van der Waals surface area contributed by atoms with Crippen molar-refractivity contribution in [2.75, 3.05) is 18.4 Å². The van der Waals surface area contributed by atoms with Gasteiger partial charge in [-0.15, -0.1) is 0 Å². The molecule has 0 saturated heterocycles. The van der Waals surface area contributed by atoms with Crippen molar-refractivity contribution in [1.29, 1.82) is 0 Å². The normalized spacial score (nSPS) is 14.7. The molecule has 0 saturated carbocycles. The molecule has 3 N–H and O–H groups in total. The molecule has 0 radical (unpaired) electrons. The number of hydrogen-bond donors (Lipinski definition) is 3. The molecule has 1 heterocycles. The van der Waals surface area contributed by atoms with Crippen LogP contribution >= 0.6 is 11.6 Å². The minimum Gasteiger partial charge on any atom is -0.411 e. The summed E-state index contributed by atoms with van der Waals surface area (Å²) < 4.78 is 0. The van der Waals surface area contributed by atoms with Gasteiger partial charge < -0.3 is 15.8 Å². The first-order valence-electron chi connectivity index (χ1n) is 9.63. The van der Waals surface area contributed by atoms with Crippen molar-refractivity contribution < 1.29 is 5.21 Å². The Morgan fingerprint density at radius 2 is 1.89 bits per heavy atom. The van der Waals surface area contributed by atoms with Crippen LogP contribution in [0.2, 0.25) is 5.02 Å². The molecule has 0 bridgehead atoms. The molecule has 0 fully saturated rings. The Morgan fingerprint density at radius 1 is 1.15 bits per heavy atom. The third kappa shape index (κ3) is 5.02. The summed E-state index contributed by atoms with van der Waals surface area (Å²) in [5.74, 6) is 0.446. The highest BCUT2D eigenvalue weighted by atomic mass is 35.5. The average molecular weight is 386 g/mol. The van der Waals surface area contributed by atoms with Crippen LogP contribution in [0.5, 0.6) is 0 Å². The van der Waals surface area contributed by atoms with Crippen molar-refractivity contribution in [2.24, 2.45) is 11.1 Å². The summed E-state index contributed by atoms with van der Waals surface area (Å²) in [7, 11) is 0. The van der Waals surface area contributed by atoms with Gasteiger partial charge in [0.1, 0.15) is 0 Å². The summed E-state index contributed by atoms with van der Waals surface area (Å²) in [5.41, 5.74) is 6.62. The van der Waals surface area contributed by atoms with Gasteiger partial charge in [-0.1, -0.05) is 60.9 Å². The monoisotopic (exact) mass is 385 g/mol. The first kappa shape index (κ1) is 19.7. The number of nitrogens with one attached hydrogen (secondary N) is 2. The number of hydrogen-bond acceptors (Lipinski definition) is 4. The smallest absolute Gasteiger partial charge is 0.0870 e. The summed E-state index contributed by atoms with van der Waals surface area (Å²) >= 11 is 6.49. The second kappa shape index (κ2) is 9.25. The zero-order valence-corrected chi connectivity index (χ0v) is 16.8. The average Bonchev–Trinajstić information content (AvgIpc) is 2.91. The van der Waals surface area contributed by atoms with Crippen LogP contribution in [-0.2, 0) is 19.4 Å². The van der Waals surface area contributed by atoms with E-state index in [1.54, 1.807) is 0 Å². The van der Waals surface area contributed by atoms with Crippen LogP contribution < -0.4 is 10.6 Å². The summed E-state index contributed by atoms with van der Waals surface area (Å²) in [6.07, 6.45) is 2.78. The van der Waals surface area contributed by atoms with E-state index in [9.17, 15) is 5.21 Å². The minimum atomic E-state index is 0.446. The zero-order chi connectivity index (χ0) is 19.2. The van der Waals surface area contributed by atoms with E-state index in [1.807, 2.05) is 18.2 Å². The SMILES string of the molecule is CC(C)C/C(=N/O)c1ccc(CNc2c(Cl)ccc3c2CCNCC3)cc1. The number of nitrogens with zero attached hydrogens (tertiary/aromatic N) is 1. The van der Waals surface area contributed by atoms with Crippen molar-refractivity contribution in [3.8, 4) is 0 Å². The van der Waals surface area contributed by atoms with E-state index in [4.69, 9.17) is 11.6 Å². The predicted octanol–water partition coefficient (Wildman–Crippen LogP) is 4.86. The van der Waals surface area contributed by atoms with E-state index < -0.39 is 0 Å². The van der Waals surface area contributed by atoms with E-state index in [-0.39, 0.29) is 0 Å². The topological polar surface area (TPSA) is 56.7 Å². The maximum Gasteiger partial charge on any atom is 0.0870 e. The van der Waals surface area contributed by atoms with Gasteiger partial charge in [0.15, 0.2) is 0 Å². The summed E-state index contributed by atoms with van der Waals surface area (Å²) in [5, 5.41) is 20.5. The lowest BCUT2D eigenvalue weighted by atomic mass is 9.99. The van der Waals surface area contributed by atoms with Gasteiger partial charge in [-0.3, -0.25) is 0 Å². The van der Waals surface area contributed by atoms with Gasteiger partial charge in [0, 0.05) is 6.54 Å². The van der Waals surface area contributed by atoms with Crippen LogP contribution in [0.4, 0.5) is 5.69 Å². The van der Waals surface area contributed by atoms with E-state index >= 15 is 0 Å². The molecule has 0 atom stereocenters. The van der Waals surface area contributed by atoms with Crippen LogP contribution in [-0.4, -0.2) is 24.0 Å². The van der Waals surface area contributed by atoms with Gasteiger partial charge in [0.05, 0.1) is 16.4 Å². The molecule has 0 unspecified atom stereocenters. The van der Waals surface area contributed by atoms with Crippen molar-refractivity contribution in [3.63, 3.8) is 0 Å². The Morgan fingerprint density at radius 3 is 2.59 bits per heavy atom. The van der Waals surface area contributed by atoms with Gasteiger partial charge >= 0.3 is 0 Å². The van der Waals surface area contributed by atoms with Gasteiger partial charge in [-0.05, 0) is 66.6 Å². The highest BCUT2D eigenvalue weighted by molar-refractivity contribution is 6.33. The molecule has 0 spiro atoms. The van der Waals surface area contributed by atoms with E-state index in [1.165, 1.54) is 16.7 Å². The first-order valence-corrected chi connectivity index (χ1v) is 10.0. The van der Waals surface area contributed by atoms with Crippen molar-refractivity contribution >= 4 is 23.0 Å². The molecule has 1 aliphatic rings. The lowest BCUT2D eigenvalue weighted by Crippen LogP contribution is -2.16. The number of halogens is 1. The number of oxime groups is 1. The van der Waals surface area contributed by atoms with Crippen molar-refractivity contribution in [1.82, 2.24) is 5.32 Å². The van der Waals surface area contributed by atoms with E-state index in [2.05, 4.69) is 47.8 Å². The highest BCUT2D eigenvalue weighted by Crippen LogP contribution is 2.31. The Hall–Kier alpha value is -2.04. The molecule has 1 aliphatic heterocycles. The number of benzene rings is 2. The van der Waals surface area contributed by atoms with Crippen LogP contribution in [0, 0.1) is 5.92 Å². The third-order valence-electron chi connectivity index (χ3n) is 4.96. The second-order valence-corrected chi connectivity index (χ2v) is 7.91. The Bertz CT molecular complexity index is 800. The lowest BCUT2D eigenvalue weighted by Gasteiger charge is -2.16. The van der Waals surface area contributed by atoms with Gasteiger partial charge in [-0.25, -0.2) is 0 Å². The molecular weight excluding hydrogens is 358 g/mol. The van der Waals surface area contributed by atoms with E-state index in [0.717, 1.165) is 54.3 Å². The Kier molecular flexibility index (Phi) is 6.75. The molecule has 2 aromatic carbocycles.